The van der Waals surface area contributed by atoms with Gasteiger partial charge in [0.25, 0.3) is 0 Å². The van der Waals surface area contributed by atoms with Crippen molar-refractivity contribution in [3.05, 3.63) is 23.5 Å². The smallest absolute Gasteiger partial charge is 0.378 e. The van der Waals surface area contributed by atoms with Crippen LogP contribution in [0.5, 0.6) is 0 Å². The first-order chi connectivity index (χ1) is 9.45. The predicted molar refractivity (Wildman–Crippen MR) is 66.2 cm³/mol. The summed E-state index contributed by atoms with van der Waals surface area (Å²) >= 11 is 0. The highest BCUT2D eigenvalue weighted by atomic mass is 19.4. The minimum Gasteiger partial charge on any atom is -0.378 e. The quantitative estimate of drug-likeness (QED) is 0.866. The van der Waals surface area contributed by atoms with Crippen molar-refractivity contribution in [3.8, 4) is 0 Å². The van der Waals surface area contributed by atoms with E-state index in [0.717, 1.165) is 6.07 Å². The lowest BCUT2D eigenvalue weighted by Gasteiger charge is -2.11. The molecule has 2 rings (SSSR count). The Bertz CT molecular complexity index is 595. The number of aromatic nitrogens is 3. The van der Waals surface area contributed by atoms with E-state index < -0.39 is 11.9 Å². The van der Waals surface area contributed by atoms with Gasteiger partial charge in [0.2, 0.25) is 0 Å². The zero-order valence-corrected chi connectivity index (χ0v) is 10.7. The number of anilines is 1. The number of ether oxygens (including phenoxy) is 1. The summed E-state index contributed by atoms with van der Waals surface area (Å²) in [5.74, 6) is 0.190. The summed E-state index contributed by atoms with van der Waals surface area (Å²) in [4.78, 5) is 3.57. The highest BCUT2D eigenvalue weighted by molar-refractivity contribution is 5.51. The molecule has 20 heavy (non-hydrogen) atoms. The summed E-state index contributed by atoms with van der Waals surface area (Å²) in [5, 5.41) is 6.94. The van der Waals surface area contributed by atoms with Crippen LogP contribution in [-0.2, 0) is 17.5 Å². The van der Waals surface area contributed by atoms with Gasteiger partial charge >= 0.3 is 6.18 Å². The van der Waals surface area contributed by atoms with E-state index in [1.54, 1.807) is 0 Å². The number of rotatable bonds is 5. The second-order valence-electron chi connectivity index (χ2n) is 4.08. The number of alkyl halides is 3. The second kappa shape index (κ2) is 5.63. The molecule has 0 atom stereocenters. The van der Waals surface area contributed by atoms with Gasteiger partial charge < -0.3 is 15.8 Å². The normalized spacial score (nSPS) is 12.1. The van der Waals surface area contributed by atoms with Crippen molar-refractivity contribution in [2.24, 2.45) is 5.73 Å². The third kappa shape index (κ3) is 2.99. The predicted octanol–water partition coefficient (Wildman–Crippen LogP) is 1.27. The highest BCUT2D eigenvalue weighted by Crippen LogP contribution is 2.30. The van der Waals surface area contributed by atoms with Crippen LogP contribution in [0.3, 0.4) is 0 Å². The molecule has 0 radical (unpaired) electrons. The van der Waals surface area contributed by atoms with E-state index in [2.05, 4.69) is 15.4 Å². The Kier molecular flexibility index (Phi) is 4.09. The SMILES string of the molecule is COCc1cc2nc(C(F)(F)F)cc(NCCN)n2n1. The van der Waals surface area contributed by atoms with Crippen molar-refractivity contribution < 1.29 is 17.9 Å². The van der Waals surface area contributed by atoms with Gasteiger partial charge in [-0.15, -0.1) is 0 Å². The molecule has 0 fully saturated rings. The third-order valence-electron chi connectivity index (χ3n) is 2.51. The first kappa shape index (κ1) is 14.5. The van der Waals surface area contributed by atoms with Crippen LogP contribution in [0.2, 0.25) is 0 Å². The molecule has 0 aliphatic rings. The number of halogens is 3. The van der Waals surface area contributed by atoms with E-state index in [9.17, 15) is 13.2 Å². The molecule has 0 unspecified atom stereocenters. The molecule has 110 valence electrons. The van der Waals surface area contributed by atoms with Gasteiger partial charge in [0, 0.05) is 32.3 Å². The summed E-state index contributed by atoms with van der Waals surface area (Å²) in [6.45, 7) is 0.814. The van der Waals surface area contributed by atoms with Crippen LogP contribution < -0.4 is 11.1 Å². The molecular formula is C11H14F3N5O. The molecule has 9 heteroatoms. The Labute approximate surface area is 112 Å². The Balaban J connectivity index is 2.52. The molecule has 6 nitrogen and oxygen atoms in total. The van der Waals surface area contributed by atoms with Gasteiger partial charge in [0.1, 0.15) is 5.82 Å². The third-order valence-corrected chi connectivity index (χ3v) is 2.51. The Morgan fingerprint density at radius 1 is 1.40 bits per heavy atom. The summed E-state index contributed by atoms with van der Waals surface area (Å²) in [6.07, 6.45) is -4.52. The van der Waals surface area contributed by atoms with E-state index >= 15 is 0 Å². The van der Waals surface area contributed by atoms with Crippen LogP contribution in [0, 0.1) is 0 Å². The van der Waals surface area contributed by atoms with Gasteiger partial charge in [0.05, 0.1) is 12.3 Å². The number of nitrogens with one attached hydrogen (secondary N) is 1. The standard InChI is InChI=1S/C11H14F3N5O/c1-20-6-7-4-10-17-8(11(12,13)14)5-9(16-3-2-15)19(10)18-7/h4-5,16H,2-3,6,15H2,1H3. The Hall–Kier alpha value is -1.87. The molecular weight excluding hydrogens is 275 g/mol. The van der Waals surface area contributed by atoms with E-state index in [1.165, 1.54) is 17.7 Å². The minimum absolute atomic E-state index is 0.103. The Morgan fingerprint density at radius 3 is 2.75 bits per heavy atom. The van der Waals surface area contributed by atoms with E-state index in [0.29, 0.717) is 12.2 Å². The molecule has 2 heterocycles. The molecule has 3 N–H and O–H groups in total. The summed E-state index contributed by atoms with van der Waals surface area (Å²) < 4.78 is 44.6. The maximum Gasteiger partial charge on any atom is 0.433 e. The van der Waals surface area contributed by atoms with Crippen molar-refractivity contribution in [3.63, 3.8) is 0 Å². The summed E-state index contributed by atoms with van der Waals surface area (Å²) in [7, 11) is 1.48. The number of methoxy groups -OCH3 is 1. The highest BCUT2D eigenvalue weighted by Gasteiger charge is 2.33. The first-order valence-corrected chi connectivity index (χ1v) is 5.85. The van der Waals surface area contributed by atoms with Gasteiger partial charge in [-0.05, 0) is 0 Å². The molecule has 2 aromatic heterocycles. The molecule has 2 aromatic rings. The van der Waals surface area contributed by atoms with Crippen LogP contribution in [0.4, 0.5) is 19.0 Å². The molecule has 0 aromatic carbocycles. The average Bonchev–Trinajstić information content (AvgIpc) is 2.77. The molecule has 0 saturated heterocycles. The van der Waals surface area contributed by atoms with Crippen LogP contribution in [0.15, 0.2) is 12.1 Å². The molecule has 0 bridgehead atoms. The second-order valence-corrected chi connectivity index (χ2v) is 4.08. The topological polar surface area (TPSA) is 77.5 Å². The average molecular weight is 289 g/mol. The fourth-order valence-corrected chi connectivity index (χ4v) is 1.71. The van der Waals surface area contributed by atoms with Gasteiger partial charge in [-0.25, -0.2) is 4.98 Å². The van der Waals surface area contributed by atoms with Crippen molar-refractivity contribution >= 4 is 11.5 Å². The molecule has 0 amide bonds. The molecule has 0 spiro atoms. The minimum atomic E-state index is -4.52. The lowest BCUT2D eigenvalue weighted by molar-refractivity contribution is -0.141. The lowest BCUT2D eigenvalue weighted by atomic mass is 10.3. The number of fused-ring (bicyclic) bond motifs is 1. The maximum absolute atomic E-state index is 12.8. The van der Waals surface area contributed by atoms with E-state index in [4.69, 9.17) is 10.5 Å². The first-order valence-electron chi connectivity index (χ1n) is 5.85. The largest absolute Gasteiger partial charge is 0.433 e. The molecule has 0 aliphatic carbocycles. The fraction of sp³-hybridized carbons (Fsp3) is 0.455. The lowest BCUT2D eigenvalue weighted by Crippen LogP contribution is -2.17. The summed E-state index contributed by atoms with van der Waals surface area (Å²) in [5.41, 5.74) is 4.97. The zero-order valence-electron chi connectivity index (χ0n) is 10.7. The molecule has 0 aliphatic heterocycles. The van der Waals surface area contributed by atoms with Crippen molar-refractivity contribution in [1.82, 2.24) is 14.6 Å². The summed E-state index contributed by atoms with van der Waals surface area (Å²) in [6, 6.07) is 2.36. The Morgan fingerprint density at radius 2 is 2.15 bits per heavy atom. The van der Waals surface area contributed by atoms with Gasteiger partial charge in [-0.1, -0.05) is 0 Å². The monoisotopic (exact) mass is 289 g/mol. The van der Waals surface area contributed by atoms with E-state index in [-0.39, 0.29) is 24.6 Å². The van der Waals surface area contributed by atoms with Gasteiger partial charge in [-0.3, -0.25) is 0 Å². The van der Waals surface area contributed by atoms with Crippen molar-refractivity contribution in [2.75, 3.05) is 25.5 Å². The fourth-order valence-electron chi connectivity index (χ4n) is 1.71. The number of nitrogens with two attached hydrogens (primary N) is 1. The van der Waals surface area contributed by atoms with Crippen LogP contribution >= 0.6 is 0 Å². The van der Waals surface area contributed by atoms with Crippen LogP contribution in [0.25, 0.3) is 5.65 Å². The number of hydrogen-bond donors (Lipinski definition) is 2. The maximum atomic E-state index is 12.8. The van der Waals surface area contributed by atoms with Crippen LogP contribution in [-0.4, -0.2) is 34.8 Å². The van der Waals surface area contributed by atoms with Gasteiger partial charge in [-0.2, -0.15) is 22.8 Å². The van der Waals surface area contributed by atoms with Crippen molar-refractivity contribution in [1.29, 1.82) is 0 Å². The molecule has 0 saturated carbocycles. The number of hydrogen-bond acceptors (Lipinski definition) is 5. The zero-order chi connectivity index (χ0) is 14.8. The van der Waals surface area contributed by atoms with Gasteiger partial charge in [0.15, 0.2) is 11.3 Å². The van der Waals surface area contributed by atoms with Crippen LogP contribution in [0.1, 0.15) is 11.4 Å². The van der Waals surface area contributed by atoms with Crippen molar-refractivity contribution in [2.45, 2.75) is 12.8 Å². The number of nitrogens with zero attached hydrogens (tertiary/aromatic N) is 3. The van der Waals surface area contributed by atoms with E-state index in [1.807, 2.05) is 0 Å².